The molecule has 0 aliphatic rings. The Morgan fingerprint density at radius 1 is 1.11 bits per heavy atom. The maximum Gasteiger partial charge on any atom is 0.264 e. The second-order valence-corrected chi connectivity index (χ2v) is 8.64. The van der Waals surface area contributed by atoms with Crippen molar-refractivity contribution in [2.45, 2.75) is 26.2 Å². The van der Waals surface area contributed by atoms with Crippen molar-refractivity contribution < 1.29 is 23.8 Å². The van der Waals surface area contributed by atoms with Gasteiger partial charge in [-0.3, -0.25) is 10.1 Å². The molecule has 0 bridgehead atoms. The van der Waals surface area contributed by atoms with E-state index in [0.717, 1.165) is 6.42 Å². The first-order chi connectivity index (χ1) is 17.3. The largest absolute Gasteiger partial charge is 0.507 e. The van der Waals surface area contributed by atoms with Gasteiger partial charge in [0.05, 0.1) is 19.8 Å². The first-order valence-electron chi connectivity index (χ1n) is 11.4. The molecule has 3 N–H and O–H groups in total. The van der Waals surface area contributed by atoms with Crippen LogP contribution in [0.25, 0.3) is 22.6 Å². The standard InChI is InChI=1S/C27H27N3O5S/c1-5-15(2)16-9-12-21-19(13-16)29-26(35-21)18-14-17(10-11-20(18)31)28-27(36)30-25(32)24-22(33-3)7-6-8-23(24)34-4/h6-15,31H,5H2,1-4H3,(H2,28,30,32,36)/t15-/m1/s1. The molecule has 4 aromatic rings. The van der Waals surface area contributed by atoms with E-state index in [1.807, 2.05) is 18.2 Å². The van der Waals surface area contributed by atoms with Crippen molar-refractivity contribution in [2.75, 3.05) is 19.5 Å². The Balaban J connectivity index is 1.55. The number of fused-ring (bicyclic) bond motifs is 1. The number of hydrogen-bond acceptors (Lipinski definition) is 7. The number of rotatable bonds is 7. The molecule has 0 aliphatic carbocycles. The number of aromatic nitrogens is 1. The molecule has 0 aliphatic heterocycles. The van der Waals surface area contributed by atoms with Crippen molar-refractivity contribution in [2.24, 2.45) is 0 Å². The van der Waals surface area contributed by atoms with Crippen LogP contribution >= 0.6 is 12.2 Å². The second kappa shape index (κ2) is 10.7. The number of oxazole rings is 1. The van der Waals surface area contributed by atoms with Gasteiger partial charge in [0, 0.05) is 5.69 Å². The topological polar surface area (TPSA) is 106 Å². The summed E-state index contributed by atoms with van der Waals surface area (Å²) in [4.78, 5) is 17.5. The number of carbonyl (C=O) groups excluding carboxylic acids is 1. The average Bonchev–Trinajstić information content (AvgIpc) is 3.31. The highest BCUT2D eigenvalue weighted by molar-refractivity contribution is 7.80. The van der Waals surface area contributed by atoms with Crippen molar-refractivity contribution >= 4 is 40.0 Å². The third-order valence-corrected chi connectivity index (χ3v) is 6.16. The maximum absolute atomic E-state index is 12.9. The summed E-state index contributed by atoms with van der Waals surface area (Å²) in [5, 5.41) is 16.1. The number of nitrogens with zero attached hydrogens (tertiary/aromatic N) is 1. The summed E-state index contributed by atoms with van der Waals surface area (Å²) in [7, 11) is 2.94. The number of ether oxygens (including phenoxy) is 2. The molecule has 9 heteroatoms. The van der Waals surface area contributed by atoms with E-state index in [2.05, 4.69) is 29.5 Å². The predicted molar refractivity (Wildman–Crippen MR) is 143 cm³/mol. The number of phenols is 1. The Labute approximate surface area is 214 Å². The first-order valence-corrected chi connectivity index (χ1v) is 11.8. The van der Waals surface area contributed by atoms with E-state index in [0.29, 0.717) is 39.8 Å². The fourth-order valence-electron chi connectivity index (χ4n) is 3.79. The Morgan fingerprint density at radius 3 is 2.50 bits per heavy atom. The SMILES string of the molecule is CC[C@@H](C)c1ccc2oc(-c3cc(NC(=S)NC(=O)c4c(OC)cccc4OC)ccc3O)nc2c1. The maximum atomic E-state index is 12.9. The summed E-state index contributed by atoms with van der Waals surface area (Å²) in [5.41, 5.74) is 3.67. The summed E-state index contributed by atoms with van der Waals surface area (Å²) in [6.07, 6.45) is 1.02. The summed E-state index contributed by atoms with van der Waals surface area (Å²) in [5.74, 6) is 0.909. The minimum absolute atomic E-state index is 0.00275. The number of benzene rings is 3. The van der Waals surface area contributed by atoms with E-state index >= 15 is 0 Å². The van der Waals surface area contributed by atoms with Gasteiger partial charge in [-0.15, -0.1) is 0 Å². The molecule has 0 spiro atoms. The molecule has 1 aromatic heterocycles. The van der Waals surface area contributed by atoms with Gasteiger partial charge in [-0.05, 0) is 72.6 Å². The van der Waals surface area contributed by atoms with Crippen molar-refractivity contribution in [3.63, 3.8) is 0 Å². The average molecular weight is 506 g/mol. The van der Waals surface area contributed by atoms with Crippen molar-refractivity contribution in [1.29, 1.82) is 0 Å². The van der Waals surface area contributed by atoms with Crippen molar-refractivity contribution in [1.82, 2.24) is 10.3 Å². The minimum Gasteiger partial charge on any atom is -0.507 e. The van der Waals surface area contributed by atoms with Gasteiger partial charge in [0.2, 0.25) is 5.89 Å². The number of thiocarbonyl (C=S) groups is 1. The molecule has 1 heterocycles. The molecule has 4 rings (SSSR count). The van der Waals surface area contributed by atoms with Crippen molar-refractivity contribution in [3.05, 3.63) is 65.7 Å². The molecule has 0 fully saturated rings. The highest BCUT2D eigenvalue weighted by atomic mass is 32.1. The van der Waals surface area contributed by atoms with Crippen LogP contribution in [-0.2, 0) is 0 Å². The lowest BCUT2D eigenvalue weighted by molar-refractivity contribution is 0.0971. The lowest BCUT2D eigenvalue weighted by atomic mass is 9.98. The van der Waals surface area contributed by atoms with Crippen LogP contribution in [0.5, 0.6) is 17.2 Å². The van der Waals surface area contributed by atoms with Gasteiger partial charge in [0.1, 0.15) is 28.3 Å². The number of anilines is 1. The number of amides is 1. The van der Waals surface area contributed by atoms with E-state index in [4.69, 9.17) is 26.1 Å². The lowest BCUT2D eigenvalue weighted by Crippen LogP contribution is -2.34. The van der Waals surface area contributed by atoms with Crippen LogP contribution in [0, 0.1) is 0 Å². The summed E-state index contributed by atoms with van der Waals surface area (Å²) in [6.45, 7) is 4.30. The highest BCUT2D eigenvalue weighted by Gasteiger charge is 2.20. The zero-order valence-corrected chi connectivity index (χ0v) is 21.2. The van der Waals surface area contributed by atoms with Crippen LogP contribution in [0.15, 0.2) is 59.0 Å². The van der Waals surface area contributed by atoms with Crippen LogP contribution in [0.1, 0.15) is 42.1 Å². The molecule has 186 valence electrons. The second-order valence-electron chi connectivity index (χ2n) is 8.23. The van der Waals surface area contributed by atoms with E-state index < -0.39 is 5.91 Å². The molecule has 0 radical (unpaired) electrons. The van der Waals surface area contributed by atoms with Gasteiger partial charge in [-0.2, -0.15) is 0 Å². The van der Waals surface area contributed by atoms with Gasteiger partial charge >= 0.3 is 0 Å². The Morgan fingerprint density at radius 2 is 1.83 bits per heavy atom. The van der Waals surface area contributed by atoms with Gasteiger partial charge in [0.25, 0.3) is 5.91 Å². The third-order valence-electron chi connectivity index (χ3n) is 5.96. The molecule has 0 saturated heterocycles. The first kappa shape index (κ1) is 25.0. The molecular weight excluding hydrogens is 478 g/mol. The fourth-order valence-corrected chi connectivity index (χ4v) is 4.00. The number of hydrogen-bond donors (Lipinski definition) is 3. The summed E-state index contributed by atoms with van der Waals surface area (Å²) < 4.78 is 16.5. The monoisotopic (exact) mass is 505 g/mol. The molecule has 36 heavy (non-hydrogen) atoms. The van der Waals surface area contributed by atoms with Crippen LogP contribution in [0.2, 0.25) is 0 Å². The molecule has 0 unspecified atom stereocenters. The predicted octanol–water partition coefficient (Wildman–Crippen LogP) is 5.86. The van der Waals surface area contributed by atoms with Crippen molar-refractivity contribution in [3.8, 4) is 28.7 Å². The van der Waals surface area contributed by atoms with Gasteiger partial charge < -0.3 is 24.3 Å². The number of nitrogens with one attached hydrogen (secondary N) is 2. The zero-order chi connectivity index (χ0) is 25.8. The number of carbonyl (C=O) groups is 1. The molecule has 3 aromatic carbocycles. The van der Waals surface area contributed by atoms with E-state index in [1.54, 1.807) is 30.3 Å². The van der Waals surface area contributed by atoms with Crippen LogP contribution in [-0.4, -0.2) is 35.3 Å². The van der Waals surface area contributed by atoms with Gasteiger partial charge in [-0.1, -0.05) is 26.0 Å². The third kappa shape index (κ3) is 5.11. The van der Waals surface area contributed by atoms with Crippen LogP contribution in [0.4, 0.5) is 5.69 Å². The van der Waals surface area contributed by atoms with E-state index in [1.165, 1.54) is 25.8 Å². The zero-order valence-electron chi connectivity index (χ0n) is 20.4. The summed E-state index contributed by atoms with van der Waals surface area (Å²) >= 11 is 5.34. The van der Waals surface area contributed by atoms with Crippen LogP contribution < -0.4 is 20.1 Å². The number of aromatic hydroxyl groups is 1. The number of methoxy groups -OCH3 is 2. The number of phenolic OH excluding ortho intramolecular Hbond substituents is 1. The molecule has 1 atom stereocenters. The smallest absolute Gasteiger partial charge is 0.264 e. The van der Waals surface area contributed by atoms with E-state index in [-0.39, 0.29) is 22.3 Å². The fraction of sp³-hybridized carbons (Fsp3) is 0.222. The van der Waals surface area contributed by atoms with E-state index in [9.17, 15) is 9.90 Å². The molecule has 8 nitrogen and oxygen atoms in total. The molecule has 0 saturated carbocycles. The van der Waals surface area contributed by atoms with Crippen LogP contribution in [0.3, 0.4) is 0 Å². The van der Waals surface area contributed by atoms with Gasteiger partial charge in [-0.25, -0.2) is 4.98 Å². The lowest BCUT2D eigenvalue weighted by Gasteiger charge is -2.14. The Kier molecular flexibility index (Phi) is 7.40. The Hall–Kier alpha value is -4.11. The Bertz CT molecular complexity index is 1410. The highest BCUT2D eigenvalue weighted by Crippen LogP contribution is 2.34. The summed E-state index contributed by atoms with van der Waals surface area (Å²) in [6, 6.07) is 15.8. The quantitative estimate of drug-likeness (QED) is 0.212. The molecular formula is C27H27N3O5S. The van der Waals surface area contributed by atoms with Gasteiger partial charge in [0.15, 0.2) is 10.7 Å². The minimum atomic E-state index is -0.489. The molecule has 1 amide bonds. The normalized spacial score (nSPS) is 11.7.